The van der Waals surface area contributed by atoms with Crippen LogP contribution in [0.25, 0.3) is 0 Å². The van der Waals surface area contributed by atoms with Crippen LogP contribution in [0, 0.1) is 0 Å². The molecule has 2 nitrogen and oxygen atoms in total. The summed E-state index contributed by atoms with van der Waals surface area (Å²) in [6.45, 7) is 0.599. The highest BCUT2D eigenvalue weighted by Crippen LogP contribution is 2.15. The van der Waals surface area contributed by atoms with Crippen molar-refractivity contribution in [3.8, 4) is 5.75 Å². The molecule has 0 aliphatic carbocycles. The summed E-state index contributed by atoms with van der Waals surface area (Å²) in [4.78, 5) is 0.591. The van der Waals surface area contributed by atoms with E-state index in [1.807, 2.05) is 30.3 Å². The van der Waals surface area contributed by atoms with E-state index in [9.17, 15) is 0 Å². The Morgan fingerprint density at radius 2 is 1.65 bits per heavy atom. The lowest BCUT2D eigenvalue weighted by atomic mass is 10.1. The molecule has 0 aliphatic rings. The van der Waals surface area contributed by atoms with Crippen LogP contribution in [0.2, 0.25) is 0 Å². The van der Waals surface area contributed by atoms with Crippen LogP contribution in [-0.4, -0.2) is 4.99 Å². The zero-order valence-corrected chi connectivity index (χ0v) is 12.2. The molecular formula is C17H19NOS. The molecule has 0 bridgehead atoms. The summed E-state index contributed by atoms with van der Waals surface area (Å²) in [5, 5.41) is 0. The first kappa shape index (κ1) is 14.5. The molecule has 0 amide bonds. The number of ether oxygens (including phenoxy) is 1. The van der Waals surface area contributed by atoms with Gasteiger partial charge in [0.1, 0.15) is 12.4 Å². The van der Waals surface area contributed by atoms with Crippen LogP contribution in [0.5, 0.6) is 5.75 Å². The Kier molecular flexibility index (Phi) is 5.56. The van der Waals surface area contributed by atoms with Gasteiger partial charge < -0.3 is 10.5 Å². The average Bonchev–Trinajstić information content (AvgIpc) is 2.47. The Hall–Kier alpha value is -1.87. The predicted octanol–water partition coefficient (Wildman–Crippen LogP) is 3.87. The van der Waals surface area contributed by atoms with Crippen molar-refractivity contribution in [1.29, 1.82) is 0 Å². The van der Waals surface area contributed by atoms with E-state index in [2.05, 4.69) is 24.3 Å². The Morgan fingerprint density at radius 3 is 2.30 bits per heavy atom. The lowest BCUT2D eigenvalue weighted by Crippen LogP contribution is -2.07. The zero-order chi connectivity index (χ0) is 14.2. The van der Waals surface area contributed by atoms with Crippen molar-refractivity contribution in [3.63, 3.8) is 0 Å². The summed E-state index contributed by atoms with van der Waals surface area (Å²) in [6, 6.07) is 18.4. The van der Waals surface area contributed by atoms with E-state index in [4.69, 9.17) is 22.7 Å². The number of thiocarbonyl (C=S) groups is 1. The quantitative estimate of drug-likeness (QED) is 0.784. The summed E-state index contributed by atoms with van der Waals surface area (Å²) >= 11 is 4.87. The number of nitrogens with two attached hydrogens (primary N) is 1. The van der Waals surface area contributed by atoms with E-state index in [0.717, 1.165) is 25.0 Å². The van der Waals surface area contributed by atoms with Gasteiger partial charge in [-0.05, 0) is 42.5 Å². The maximum absolute atomic E-state index is 5.75. The van der Waals surface area contributed by atoms with Crippen molar-refractivity contribution >= 4 is 17.2 Å². The molecule has 2 aromatic carbocycles. The summed E-state index contributed by atoms with van der Waals surface area (Å²) in [5.41, 5.74) is 7.95. The molecule has 0 fully saturated rings. The average molecular weight is 285 g/mol. The van der Waals surface area contributed by atoms with Gasteiger partial charge in [0.15, 0.2) is 0 Å². The van der Waals surface area contributed by atoms with Crippen LogP contribution in [0.15, 0.2) is 54.6 Å². The molecule has 0 spiro atoms. The van der Waals surface area contributed by atoms with Gasteiger partial charge in [0.05, 0.1) is 4.99 Å². The molecule has 0 radical (unpaired) electrons. The van der Waals surface area contributed by atoms with Gasteiger partial charge in [0, 0.05) is 0 Å². The SMILES string of the molecule is NC(=S)CCCc1ccc(OCc2ccccc2)cc1. The monoisotopic (exact) mass is 285 g/mol. The number of benzene rings is 2. The van der Waals surface area contributed by atoms with Gasteiger partial charge in [-0.1, -0.05) is 54.7 Å². The van der Waals surface area contributed by atoms with Gasteiger partial charge in [0.25, 0.3) is 0 Å². The van der Waals surface area contributed by atoms with E-state index >= 15 is 0 Å². The summed E-state index contributed by atoms with van der Waals surface area (Å²) in [5.74, 6) is 0.895. The highest BCUT2D eigenvalue weighted by atomic mass is 32.1. The van der Waals surface area contributed by atoms with Crippen LogP contribution in [0.3, 0.4) is 0 Å². The smallest absolute Gasteiger partial charge is 0.119 e. The third-order valence-electron chi connectivity index (χ3n) is 3.06. The predicted molar refractivity (Wildman–Crippen MR) is 86.9 cm³/mol. The third kappa shape index (κ3) is 5.02. The molecular weight excluding hydrogens is 266 g/mol. The van der Waals surface area contributed by atoms with Gasteiger partial charge in [-0.25, -0.2) is 0 Å². The second kappa shape index (κ2) is 7.65. The highest BCUT2D eigenvalue weighted by Gasteiger charge is 1.98. The lowest BCUT2D eigenvalue weighted by Gasteiger charge is -2.07. The maximum Gasteiger partial charge on any atom is 0.119 e. The molecule has 0 aliphatic heterocycles. The summed E-state index contributed by atoms with van der Waals surface area (Å²) in [6.07, 6.45) is 2.80. The van der Waals surface area contributed by atoms with E-state index in [0.29, 0.717) is 11.6 Å². The van der Waals surface area contributed by atoms with Gasteiger partial charge in [-0.2, -0.15) is 0 Å². The molecule has 0 aromatic heterocycles. The van der Waals surface area contributed by atoms with Crippen LogP contribution >= 0.6 is 12.2 Å². The molecule has 3 heteroatoms. The molecule has 0 saturated carbocycles. The molecule has 0 unspecified atom stereocenters. The molecule has 2 aromatic rings. The van der Waals surface area contributed by atoms with Crippen molar-refractivity contribution in [1.82, 2.24) is 0 Å². The van der Waals surface area contributed by atoms with E-state index in [1.54, 1.807) is 0 Å². The molecule has 20 heavy (non-hydrogen) atoms. The van der Waals surface area contributed by atoms with Crippen LogP contribution in [0.1, 0.15) is 24.0 Å². The second-order valence-electron chi connectivity index (χ2n) is 4.74. The Bertz CT molecular complexity index is 537. The second-order valence-corrected chi connectivity index (χ2v) is 5.26. The molecule has 104 valence electrons. The minimum atomic E-state index is 0.591. The molecule has 0 atom stereocenters. The minimum absolute atomic E-state index is 0.591. The van der Waals surface area contributed by atoms with Crippen molar-refractivity contribution in [2.75, 3.05) is 0 Å². The third-order valence-corrected chi connectivity index (χ3v) is 3.26. The van der Waals surface area contributed by atoms with E-state index in [1.165, 1.54) is 11.1 Å². The standard InChI is InChI=1S/C17H19NOS/c18-17(20)8-4-7-14-9-11-16(12-10-14)19-13-15-5-2-1-3-6-15/h1-3,5-6,9-12H,4,7-8,13H2,(H2,18,20). The Morgan fingerprint density at radius 1 is 0.950 bits per heavy atom. The minimum Gasteiger partial charge on any atom is -0.489 e. The van der Waals surface area contributed by atoms with Gasteiger partial charge in [-0.15, -0.1) is 0 Å². The molecule has 0 heterocycles. The normalized spacial score (nSPS) is 10.2. The van der Waals surface area contributed by atoms with Gasteiger partial charge in [0.2, 0.25) is 0 Å². The van der Waals surface area contributed by atoms with E-state index < -0.39 is 0 Å². The van der Waals surface area contributed by atoms with Gasteiger partial charge >= 0.3 is 0 Å². The molecule has 2 N–H and O–H groups in total. The first-order valence-electron chi connectivity index (χ1n) is 6.78. The van der Waals surface area contributed by atoms with E-state index in [-0.39, 0.29) is 0 Å². The van der Waals surface area contributed by atoms with Crippen LogP contribution in [0.4, 0.5) is 0 Å². The first-order valence-corrected chi connectivity index (χ1v) is 7.19. The van der Waals surface area contributed by atoms with Crippen molar-refractivity contribution < 1.29 is 4.74 Å². The molecule has 0 saturated heterocycles. The lowest BCUT2D eigenvalue weighted by molar-refractivity contribution is 0.306. The number of aryl methyl sites for hydroxylation is 1. The number of rotatable bonds is 7. The summed E-state index contributed by atoms with van der Waals surface area (Å²) < 4.78 is 5.75. The van der Waals surface area contributed by atoms with Crippen molar-refractivity contribution in [2.45, 2.75) is 25.9 Å². The van der Waals surface area contributed by atoms with Crippen LogP contribution in [-0.2, 0) is 13.0 Å². The van der Waals surface area contributed by atoms with Crippen molar-refractivity contribution in [3.05, 3.63) is 65.7 Å². The maximum atomic E-state index is 5.75. The number of hydrogen-bond donors (Lipinski definition) is 1. The zero-order valence-electron chi connectivity index (χ0n) is 11.4. The fourth-order valence-electron chi connectivity index (χ4n) is 1.96. The molecule has 2 rings (SSSR count). The van der Waals surface area contributed by atoms with Gasteiger partial charge in [-0.3, -0.25) is 0 Å². The summed E-state index contributed by atoms with van der Waals surface area (Å²) in [7, 11) is 0. The first-order chi connectivity index (χ1) is 9.74. The Balaban J connectivity index is 1.81. The van der Waals surface area contributed by atoms with Crippen molar-refractivity contribution in [2.24, 2.45) is 5.73 Å². The largest absolute Gasteiger partial charge is 0.489 e. The highest BCUT2D eigenvalue weighted by molar-refractivity contribution is 7.80. The topological polar surface area (TPSA) is 35.2 Å². The Labute approximate surface area is 125 Å². The fraction of sp³-hybridized carbons (Fsp3) is 0.235. The number of hydrogen-bond acceptors (Lipinski definition) is 2. The fourth-order valence-corrected chi connectivity index (χ4v) is 2.10. The van der Waals surface area contributed by atoms with Crippen LogP contribution < -0.4 is 10.5 Å².